The number of aromatic nitrogens is 2. The van der Waals surface area contributed by atoms with E-state index in [4.69, 9.17) is 13.9 Å². The van der Waals surface area contributed by atoms with E-state index >= 15 is 0 Å². The minimum Gasteiger partial charge on any atom is -0.493 e. The summed E-state index contributed by atoms with van der Waals surface area (Å²) in [5.41, 5.74) is 0. The predicted molar refractivity (Wildman–Crippen MR) is 118 cm³/mol. The first-order chi connectivity index (χ1) is 14.7. The van der Waals surface area contributed by atoms with Crippen LogP contribution < -0.4 is 14.8 Å². The first-order valence-electron chi connectivity index (χ1n) is 8.86. The molecule has 1 aromatic carbocycles. The predicted octanol–water partition coefficient (Wildman–Crippen LogP) is 5.32. The minimum absolute atomic E-state index is 0.177. The van der Waals surface area contributed by atoms with Gasteiger partial charge in [-0.25, -0.2) is 0 Å². The standard InChI is InChI=1S/C20H17N3O4S3/c1-25-15-6-2-3-7-16(15)26-11-13-8-9-17(27-13)18(24)21-19-22-23-20(30-19)29-12-14-5-4-10-28-14/h2-10H,11-12H2,1H3,(H,21,22,24). The molecule has 10 heteroatoms. The number of rotatable bonds is 9. The van der Waals surface area contributed by atoms with Gasteiger partial charge in [-0.2, -0.15) is 0 Å². The Kier molecular flexibility index (Phi) is 6.67. The molecule has 0 fully saturated rings. The summed E-state index contributed by atoms with van der Waals surface area (Å²) in [4.78, 5) is 13.7. The van der Waals surface area contributed by atoms with Gasteiger partial charge in [-0.1, -0.05) is 41.3 Å². The van der Waals surface area contributed by atoms with E-state index in [-0.39, 0.29) is 18.3 Å². The molecule has 154 valence electrons. The Morgan fingerprint density at radius 1 is 1.13 bits per heavy atom. The lowest BCUT2D eigenvalue weighted by molar-refractivity contribution is 0.0992. The zero-order valence-electron chi connectivity index (χ0n) is 15.9. The maximum atomic E-state index is 12.4. The van der Waals surface area contributed by atoms with E-state index in [1.807, 2.05) is 29.6 Å². The summed E-state index contributed by atoms with van der Waals surface area (Å²) in [5.74, 6) is 2.38. The number of methoxy groups -OCH3 is 1. The molecule has 0 aliphatic rings. The molecule has 1 N–H and O–H groups in total. The number of ether oxygens (including phenoxy) is 2. The highest BCUT2D eigenvalue weighted by Crippen LogP contribution is 2.30. The Morgan fingerprint density at radius 3 is 2.80 bits per heavy atom. The van der Waals surface area contributed by atoms with Crippen LogP contribution in [0, 0.1) is 0 Å². The van der Waals surface area contributed by atoms with Crippen LogP contribution in [0.1, 0.15) is 21.2 Å². The van der Waals surface area contributed by atoms with Gasteiger partial charge in [-0.15, -0.1) is 21.5 Å². The van der Waals surface area contributed by atoms with Crippen molar-refractivity contribution in [1.29, 1.82) is 0 Å². The van der Waals surface area contributed by atoms with Crippen molar-refractivity contribution in [2.24, 2.45) is 0 Å². The van der Waals surface area contributed by atoms with Crippen LogP contribution in [0.5, 0.6) is 11.5 Å². The number of thioether (sulfide) groups is 1. The van der Waals surface area contributed by atoms with E-state index in [1.165, 1.54) is 16.2 Å². The summed E-state index contributed by atoms with van der Waals surface area (Å²) in [6, 6.07) is 14.7. The molecule has 4 rings (SSSR count). The zero-order chi connectivity index (χ0) is 20.8. The second-order valence-corrected chi connectivity index (χ2v) is 9.13. The van der Waals surface area contributed by atoms with Crippen LogP contribution in [-0.4, -0.2) is 23.2 Å². The van der Waals surface area contributed by atoms with Crippen molar-refractivity contribution in [3.63, 3.8) is 0 Å². The molecule has 3 heterocycles. The third-order valence-electron chi connectivity index (χ3n) is 3.87. The minimum atomic E-state index is -0.385. The van der Waals surface area contributed by atoms with Gasteiger partial charge in [0.2, 0.25) is 5.13 Å². The Morgan fingerprint density at radius 2 is 2.00 bits per heavy atom. The number of nitrogens with zero attached hydrogens (tertiary/aromatic N) is 2. The Balaban J connectivity index is 1.31. The van der Waals surface area contributed by atoms with Gasteiger partial charge < -0.3 is 13.9 Å². The van der Waals surface area contributed by atoms with Gasteiger partial charge in [0, 0.05) is 10.6 Å². The highest BCUT2D eigenvalue weighted by atomic mass is 32.2. The lowest BCUT2D eigenvalue weighted by Gasteiger charge is -2.08. The number of para-hydroxylation sites is 2. The normalized spacial score (nSPS) is 10.7. The topological polar surface area (TPSA) is 86.5 Å². The van der Waals surface area contributed by atoms with Crippen LogP contribution >= 0.6 is 34.4 Å². The molecule has 0 spiro atoms. The number of carbonyl (C=O) groups excluding carboxylic acids is 1. The zero-order valence-corrected chi connectivity index (χ0v) is 18.3. The van der Waals surface area contributed by atoms with E-state index in [9.17, 15) is 4.79 Å². The fourth-order valence-corrected chi connectivity index (χ4v) is 4.99. The van der Waals surface area contributed by atoms with Gasteiger partial charge in [0.25, 0.3) is 5.91 Å². The fourth-order valence-electron chi connectivity index (χ4n) is 2.47. The van der Waals surface area contributed by atoms with Crippen LogP contribution in [0.4, 0.5) is 5.13 Å². The molecule has 0 atom stereocenters. The molecule has 0 aliphatic carbocycles. The largest absolute Gasteiger partial charge is 0.493 e. The van der Waals surface area contributed by atoms with Crippen molar-refractivity contribution >= 4 is 45.5 Å². The second kappa shape index (κ2) is 9.79. The van der Waals surface area contributed by atoms with Crippen molar-refractivity contribution in [1.82, 2.24) is 10.2 Å². The van der Waals surface area contributed by atoms with Crippen molar-refractivity contribution in [2.75, 3.05) is 12.4 Å². The molecule has 7 nitrogen and oxygen atoms in total. The van der Waals surface area contributed by atoms with E-state index in [0.717, 1.165) is 10.1 Å². The van der Waals surface area contributed by atoms with Crippen LogP contribution in [0.3, 0.4) is 0 Å². The fraction of sp³-hybridized carbons (Fsp3) is 0.150. The third-order valence-corrected chi connectivity index (χ3v) is 6.95. The maximum Gasteiger partial charge on any atom is 0.293 e. The van der Waals surface area contributed by atoms with Gasteiger partial charge in [0.15, 0.2) is 21.6 Å². The van der Waals surface area contributed by atoms with Crippen LogP contribution in [0.15, 0.2) is 62.7 Å². The van der Waals surface area contributed by atoms with Crippen LogP contribution in [0.2, 0.25) is 0 Å². The number of anilines is 1. The summed E-state index contributed by atoms with van der Waals surface area (Å²) in [5, 5.41) is 13.3. The number of furan rings is 1. The average Bonchev–Trinajstić information content (AvgIpc) is 3.53. The molecule has 0 radical (unpaired) electrons. The molecule has 4 aromatic rings. The summed E-state index contributed by atoms with van der Waals surface area (Å²) in [7, 11) is 1.58. The number of hydrogen-bond acceptors (Lipinski definition) is 9. The molecule has 30 heavy (non-hydrogen) atoms. The SMILES string of the molecule is COc1ccccc1OCc1ccc(C(=O)Nc2nnc(SCc3cccs3)s2)o1. The molecular weight excluding hydrogens is 442 g/mol. The summed E-state index contributed by atoms with van der Waals surface area (Å²) < 4.78 is 17.4. The van der Waals surface area contributed by atoms with E-state index < -0.39 is 0 Å². The van der Waals surface area contributed by atoms with Gasteiger partial charge in [0.1, 0.15) is 12.4 Å². The second-order valence-electron chi connectivity index (χ2n) is 5.90. The lowest BCUT2D eigenvalue weighted by Crippen LogP contribution is -2.10. The molecule has 1 amide bonds. The van der Waals surface area contributed by atoms with Gasteiger partial charge in [0.05, 0.1) is 7.11 Å². The first kappa shape index (κ1) is 20.5. The van der Waals surface area contributed by atoms with Gasteiger partial charge >= 0.3 is 0 Å². The van der Waals surface area contributed by atoms with Crippen molar-refractivity contribution < 1.29 is 18.7 Å². The number of thiophene rings is 1. The number of benzene rings is 1. The molecule has 0 saturated carbocycles. The van der Waals surface area contributed by atoms with Gasteiger partial charge in [-0.05, 0) is 35.7 Å². The lowest BCUT2D eigenvalue weighted by atomic mass is 10.3. The van der Waals surface area contributed by atoms with Gasteiger partial charge in [-0.3, -0.25) is 10.1 Å². The Hall–Kier alpha value is -2.82. The Labute approximate surface area is 185 Å². The average molecular weight is 460 g/mol. The summed E-state index contributed by atoms with van der Waals surface area (Å²) in [6.07, 6.45) is 0. The van der Waals surface area contributed by atoms with E-state index in [1.54, 1.807) is 48.4 Å². The molecular formula is C20H17N3O4S3. The quantitative estimate of drug-likeness (QED) is 0.268. The first-order valence-corrected chi connectivity index (χ1v) is 11.5. The molecule has 0 aliphatic heterocycles. The van der Waals surface area contributed by atoms with E-state index in [2.05, 4.69) is 21.6 Å². The molecule has 0 saturated heterocycles. The molecule has 0 unspecified atom stereocenters. The monoisotopic (exact) mass is 459 g/mol. The number of amides is 1. The number of hydrogen-bond donors (Lipinski definition) is 1. The number of nitrogens with one attached hydrogen (secondary N) is 1. The van der Waals surface area contributed by atoms with Crippen molar-refractivity contribution in [3.05, 3.63) is 70.3 Å². The highest BCUT2D eigenvalue weighted by molar-refractivity contribution is 8.00. The highest BCUT2D eigenvalue weighted by Gasteiger charge is 2.15. The smallest absolute Gasteiger partial charge is 0.293 e. The Bertz CT molecular complexity index is 1110. The summed E-state index contributed by atoms with van der Waals surface area (Å²) >= 11 is 4.62. The molecule has 3 aromatic heterocycles. The summed E-state index contributed by atoms with van der Waals surface area (Å²) in [6.45, 7) is 0.177. The number of carbonyl (C=O) groups is 1. The van der Waals surface area contributed by atoms with Crippen molar-refractivity contribution in [2.45, 2.75) is 16.7 Å². The van der Waals surface area contributed by atoms with Crippen LogP contribution in [0.25, 0.3) is 0 Å². The third kappa shape index (κ3) is 5.21. The maximum absolute atomic E-state index is 12.4. The van der Waals surface area contributed by atoms with Crippen molar-refractivity contribution in [3.8, 4) is 11.5 Å². The van der Waals surface area contributed by atoms with E-state index in [0.29, 0.717) is 22.4 Å². The molecule has 0 bridgehead atoms. The van der Waals surface area contributed by atoms with Crippen LogP contribution in [-0.2, 0) is 12.4 Å².